The van der Waals surface area contributed by atoms with Gasteiger partial charge in [-0.2, -0.15) is 0 Å². The Bertz CT molecular complexity index is 432. The van der Waals surface area contributed by atoms with Crippen LogP contribution in [0.4, 0.5) is 0 Å². The largest absolute Gasteiger partial charge is 0.480 e. The summed E-state index contributed by atoms with van der Waals surface area (Å²) in [6, 6.07) is 7.45. The second-order valence-electron chi connectivity index (χ2n) is 3.96. The van der Waals surface area contributed by atoms with Crippen molar-refractivity contribution >= 4 is 11.8 Å². The molecule has 0 spiro atoms. The van der Waals surface area contributed by atoms with E-state index in [0.29, 0.717) is 12.2 Å². The summed E-state index contributed by atoms with van der Waals surface area (Å²) < 4.78 is 5.62. The van der Waals surface area contributed by atoms with Crippen molar-refractivity contribution in [3.8, 4) is 5.75 Å². The molecule has 0 heterocycles. The first-order valence-corrected chi connectivity index (χ1v) is 5.83. The van der Waals surface area contributed by atoms with Gasteiger partial charge in [0.25, 0.3) is 5.91 Å². The highest BCUT2D eigenvalue weighted by Gasteiger charge is 2.18. The summed E-state index contributed by atoms with van der Waals surface area (Å²) in [5, 5.41) is 2.43. The van der Waals surface area contributed by atoms with Crippen molar-refractivity contribution in [1.29, 1.82) is 0 Å². The molecule has 2 amide bonds. The van der Waals surface area contributed by atoms with Gasteiger partial charge in [0, 0.05) is 0 Å². The predicted molar refractivity (Wildman–Crippen MR) is 68.1 cm³/mol. The van der Waals surface area contributed by atoms with Crippen LogP contribution in [0.5, 0.6) is 5.75 Å². The predicted octanol–water partition coefficient (Wildman–Crippen LogP) is 0.754. The van der Waals surface area contributed by atoms with Crippen LogP contribution in [0.15, 0.2) is 24.3 Å². The van der Waals surface area contributed by atoms with E-state index in [1.807, 2.05) is 32.0 Å². The Balaban J connectivity index is 2.64. The molecule has 0 aliphatic carbocycles. The van der Waals surface area contributed by atoms with Gasteiger partial charge >= 0.3 is 0 Å². The Labute approximate surface area is 106 Å². The van der Waals surface area contributed by atoms with Crippen molar-refractivity contribution in [2.75, 3.05) is 6.54 Å². The van der Waals surface area contributed by atoms with E-state index < -0.39 is 12.0 Å². The molecule has 3 N–H and O–H groups in total. The number of aryl methyl sites for hydroxylation is 1. The maximum atomic E-state index is 11.8. The molecule has 0 aromatic heterocycles. The highest BCUT2D eigenvalue weighted by atomic mass is 16.5. The van der Waals surface area contributed by atoms with Crippen LogP contribution in [0.2, 0.25) is 0 Å². The number of primary amides is 1. The molecule has 0 unspecified atom stereocenters. The van der Waals surface area contributed by atoms with E-state index in [2.05, 4.69) is 5.32 Å². The lowest BCUT2D eigenvalue weighted by Gasteiger charge is -2.18. The molecule has 5 heteroatoms. The van der Waals surface area contributed by atoms with Crippen LogP contribution >= 0.6 is 0 Å². The zero-order chi connectivity index (χ0) is 13.5. The maximum absolute atomic E-state index is 11.8. The molecule has 18 heavy (non-hydrogen) atoms. The standard InChI is InChI=1S/C13H18N2O3/c1-3-10(13(17)15-8-12(14)16)18-11-7-5-4-6-9(11)2/h4-7,10H,3,8H2,1-2H3,(H2,14,16)(H,15,17)/t10-/m1/s1. The number of hydrogen-bond acceptors (Lipinski definition) is 3. The molecule has 0 saturated carbocycles. The fourth-order valence-corrected chi connectivity index (χ4v) is 1.45. The Morgan fingerprint density at radius 3 is 2.61 bits per heavy atom. The molecule has 0 fully saturated rings. The number of ether oxygens (including phenoxy) is 1. The number of nitrogens with two attached hydrogens (primary N) is 1. The van der Waals surface area contributed by atoms with E-state index >= 15 is 0 Å². The number of nitrogens with one attached hydrogen (secondary N) is 1. The second kappa shape index (κ2) is 6.64. The van der Waals surface area contributed by atoms with Crippen molar-refractivity contribution in [2.45, 2.75) is 26.4 Å². The fourth-order valence-electron chi connectivity index (χ4n) is 1.45. The lowest BCUT2D eigenvalue weighted by Crippen LogP contribution is -2.42. The monoisotopic (exact) mass is 250 g/mol. The number of hydrogen-bond donors (Lipinski definition) is 2. The molecule has 0 bridgehead atoms. The number of carbonyl (C=O) groups excluding carboxylic acids is 2. The lowest BCUT2D eigenvalue weighted by atomic mass is 10.2. The van der Waals surface area contributed by atoms with E-state index in [9.17, 15) is 9.59 Å². The first kappa shape index (κ1) is 14.0. The van der Waals surface area contributed by atoms with Gasteiger partial charge in [-0.05, 0) is 25.0 Å². The summed E-state index contributed by atoms with van der Waals surface area (Å²) >= 11 is 0. The maximum Gasteiger partial charge on any atom is 0.261 e. The summed E-state index contributed by atoms with van der Waals surface area (Å²) in [5.41, 5.74) is 5.92. The van der Waals surface area contributed by atoms with Crippen LogP contribution in [0.25, 0.3) is 0 Å². The molecular formula is C13H18N2O3. The average molecular weight is 250 g/mol. The van der Waals surface area contributed by atoms with Crippen molar-refractivity contribution in [3.05, 3.63) is 29.8 Å². The van der Waals surface area contributed by atoms with E-state index in [1.54, 1.807) is 6.07 Å². The molecule has 1 atom stereocenters. The fraction of sp³-hybridized carbons (Fsp3) is 0.385. The van der Waals surface area contributed by atoms with Gasteiger partial charge in [0.05, 0.1) is 6.54 Å². The van der Waals surface area contributed by atoms with Crippen LogP contribution in [0.1, 0.15) is 18.9 Å². The van der Waals surface area contributed by atoms with Gasteiger partial charge in [-0.25, -0.2) is 0 Å². The van der Waals surface area contributed by atoms with Crippen LogP contribution in [0, 0.1) is 6.92 Å². The van der Waals surface area contributed by atoms with Crippen LogP contribution in [0.3, 0.4) is 0 Å². The Hall–Kier alpha value is -2.04. The van der Waals surface area contributed by atoms with Crippen LogP contribution in [-0.2, 0) is 9.59 Å². The first-order chi connectivity index (χ1) is 8.54. The third-order valence-electron chi connectivity index (χ3n) is 2.46. The Kier molecular flexibility index (Phi) is 5.17. The molecule has 98 valence electrons. The highest BCUT2D eigenvalue weighted by Crippen LogP contribution is 2.18. The average Bonchev–Trinajstić information content (AvgIpc) is 2.35. The van der Waals surface area contributed by atoms with Crippen molar-refractivity contribution in [3.63, 3.8) is 0 Å². The molecule has 0 aliphatic rings. The molecule has 0 radical (unpaired) electrons. The van der Waals surface area contributed by atoms with E-state index in [0.717, 1.165) is 5.56 Å². The van der Waals surface area contributed by atoms with Crippen molar-refractivity contribution < 1.29 is 14.3 Å². The minimum Gasteiger partial charge on any atom is -0.480 e. The van der Waals surface area contributed by atoms with Crippen molar-refractivity contribution in [1.82, 2.24) is 5.32 Å². The van der Waals surface area contributed by atoms with Gasteiger partial charge in [0.2, 0.25) is 5.91 Å². The molecule has 0 aliphatic heterocycles. The topological polar surface area (TPSA) is 81.4 Å². The number of para-hydroxylation sites is 1. The molecule has 1 aromatic carbocycles. The summed E-state index contributed by atoms with van der Waals surface area (Å²) in [4.78, 5) is 22.3. The number of carbonyl (C=O) groups is 2. The minimum absolute atomic E-state index is 0.174. The number of amides is 2. The number of rotatable bonds is 6. The third-order valence-corrected chi connectivity index (χ3v) is 2.46. The lowest BCUT2D eigenvalue weighted by molar-refractivity contribution is -0.130. The molecular weight excluding hydrogens is 232 g/mol. The Morgan fingerprint density at radius 2 is 2.06 bits per heavy atom. The van der Waals surface area contributed by atoms with Gasteiger partial charge in [0.1, 0.15) is 5.75 Å². The quantitative estimate of drug-likeness (QED) is 0.781. The van der Waals surface area contributed by atoms with E-state index in [1.165, 1.54) is 0 Å². The molecule has 1 aromatic rings. The second-order valence-corrected chi connectivity index (χ2v) is 3.96. The van der Waals surface area contributed by atoms with Crippen LogP contribution < -0.4 is 15.8 Å². The van der Waals surface area contributed by atoms with Gasteiger partial charge in [-0.3, -0.25) is 9.59 Å². The zero-order valence-corrected chi connectivity index (χ0v) is 10.6. The van der Waals surface area contributed by atoms with Crippen LogP contribution in [-0.4, -0.2) is 24.5 Å². The minimum atomic E-state index is -0.620. The SMILES string of the molecule is CC[C@@H](Oc1ccccc1C)C(=O)NCC(N)=O. The van der Waals surface area contributed by atoms with Gasteiger partial charge < -0.3 is 15.8 Å². The smallest absolute Gasteiger partial charge is 0.261 e. The van der Waals surface area contributed by atoms with Crippen molar-refractivity contribution in [2.24, 2.45) is 5.73 Å². The van der Waals surface area contributed by atoms with Gasteiger partial charge in [-0.1, -0.05) is 25.1 Å². The zero-order valence-electron chi connectivity index (χ0n) is 10.6. The molecule has 1 rings (SSSR count). The first-order valence-electron chi connectivity index (χ1n) is 5.83. The number of benzene rings is 1. The van der Waals surface area contributed by atoms with E-state index in [4.69, 9.17) is 10.5 Å². The summed E-state index contributed by atoms with van der Waals surface area (Å²) in [7, 11) is 0. The molecule has 0 saturated heterocycles. The van der Waals surface area contributed by atoms with Gasteiger partial charge in [-0.15, -0.1) is 0 Å². The van der Waals surface area contributed by atoms with E-state index in [-0.39, 0.29) is 12.5 Å². The normalized spacial score (nSPS) is 11.7. The third kappa shape index (κ3) is 4.08. The highest BCUT2D eigenvalue weighted by molar-refractivity contribution is 5.86. The summed E-state index contributed by atoms with van der Waals surface area (Å²) in [5.74, 6) is -0.243. The van der Waals surface area contributed by atoms with Gasteiger partial charge in [0.15, 0.2) is 6.10 Å². The Morgan fingerprint density at radius 1 is 1.39 bits per heavy atom. The molecule has 5 nitrogen and oxygen atoms in total. The summed E-state index contributed by atoms with van der Waals surface area (Å²) in [6.07, 6.45) is -0.107. The summed E-state index contributed by atoms with van der Waals surface area (Å²) in [6.45, 7) is 3.57.